The molecular formula is C14H17IN6O6. The fraction of sp³-hybridized carbons (Fsp3) is 0.286. The number of esters is 2. The topological polar surface area (TPSA) is 175 Å². The first-order valence-corrected chi connectivity index (χ1v) is 8.06. The van der Waals surface area contributed by atoms with Crippen molar-refractivity contribution in [1.29, 1.82) is 0 Å². The van der Waals surface area contributed by atoms with E-state index < -0.39 is 11.9 Å². The molecule has 0 spiro atoms. The molecule has 4 N–H and O–H groups in total. The second kappa shape index (κ2) is 10.2. The van der Waals surface area contributed by atoms with Crippen LogP contribution in [-0.2, 0) is 9.47 Å². The van der Waals surface area contributed by atoms with Crippen LogP contribution in [0.2, 0.25) is 0 Å². The fourth-order valence-electron chi connectivity index (χ4n) is 1.55. The van der Waals surface area contributed by atoms with Crippen molar-refractivity contribution in [2.45, 2.75) is 0 Å². The Morgan fingerprint density at radius 3 is 1.93 bits per heavy atom. The molecule has 0 aliphatic carbocycles. The van der Waals surface area contributed by atoms with E-state index in [0.717, 1.165) is 0 Å². The average molecular weight is 492 g/mol. The summed E-state index contributed by atoms with van der Waals surface area (Å²) in [7, 11) is 5.26. The molecular weight excluding hydrogens is 475 g/mol. The minimum atomic E-state index is -0.607. The van der Waals surface area contributed by atoms with Gasteiger partial charge in [0.15, 0.2) is 5.82 Å². The molecule has 146 valence electrons. The van der Waals surface area contributed by atoms with E-state index >= 15 is 0 Å². The molecule has 2 heterocycles. The summed E-state index contributed by atoms with van der Waals surface area (Å²) >= 11 is 1.87. The number of rotatable bonds is 4. The number of ether oxygens (including phenoxy) is 4. The van der Waals surface area contributed by atoms with Crippen LogP contribution in [0.3, 0.4) is 0 Å². The first-order valence-electron chi connectivity index (χ1n) is 6.99. The molecule has 0 aliphatic heterocycles. The van der Waals surface area contributed by atoms with E-state index in [1.54, 1.807) is 0 Å². The van der Waals surface area contributed by atoms with Crippen molar-refractivity contribution in [3.8, 4) is 11.8 Å². The fourth-order valence-corrected chi connectivity index (χ4v) is 1.91. The second-order valence-corrected chi connectivity index (χ2v) is 5.42. The normalized spacial score (nSPS) is 9.52. The molecule has 0 fully saturated rings. The zero-order valence-corrected chi connectivity index (χ0v) is 17.0. The zero-order chi connectivity index (χ0) is 20.6. The summed E-state index contributed by atoms with van der Waals surface area (Å²) in [4.78, 5) is 37.5. The Bertz CT molecular complexity index is 834. The summed E-state index contributed by atoms with van der Waals surface area (Å²) in [5.74, 6) is -0.683. The highest BCUT2D eigenvalue weighted by Gasteiger charge is 2.18. The van der Waals surface area contributed by atoms with Gasteiger partial charge >= 0.3 is 11.9 Å². The monoisotopic (exact) mass is 492 g/mol. The maximum Gasteiger partial charge on any atom is 0.362 e. The molecule has 2 aromatic rings. The largest absolute Gasteiger partial charge is 0.479 e. The van der Waals surface area contributed by atoms with Crippen molar-refractivity contribution in [2.75, 3.05) is 39.9 Å². The number of hydrogen-bond donors (Lipinski definition) is 2. The Kier molecular flexibility index (Phi) is 8.37. The predicted molar refractivity (Wildman–Crippen MR) is 101 cm³/mol. The van der Waals surface area contributed by atoms with Crippen LogP contribution in [0.4, 0.5) is 11.6 Å². The summed E-state index contributed by atoms with van der Waals surface area (Å²) in [6.45, 7) is 0. The maximum atomic E-state index is 11.2. The molecule has 12 nitrogen and oxygen atoms in total. The summed E-state index contributed by atoms with van der Waals surface area (Å²) in [5.41, 5.74) is 10.9. The molecule has 27 heavy (non-hydrogen) atoms. The highest BCUT2D eigenvalue weighted by Crippen LogP contribution is 2.19. The van der Waals surface area contributed by atoms with Crippen LogP contribution >= 0.6 is 22.6 Å². The Balaban J connectivity index is 0.000000271. The summed E-state index contributed by atoms with van der Waals surface area (Å²) < 4.78 is 19.0. The van der Waals surface area contributed by atoms with Gasteiger partial charge in [0.25, 0.3) is 0 Å². The average Bonchev–Trinajstić information content (AvgIpc) is 2.68. The van der Waals surface area contributed by atoms with Gasteiger partial charge in [-0.2, -0.15) is 9.97 Å². The standard InChI is InChI=1S/C7H8IN3O3.C7H9N3O3/c1-13-6-3(7(12)14-2)10-4(8)5(9)11-6;1-12-6-5(7(11)13-2)9-3-4(8)10-6/h1-2H3,(H2,9,11);3H,1-2H3,(H2,8,10). The van der Waals surface area contributed by atoms with Crippen molar-refractivity contribution in [1.82, 2.24) is 19.9 Å². The SMILES string of the molecule is COC(=O)c1nc(I)c(N)nc1OC.COC(=O)c1ncc(N)nc1OC. The number of nitrogens with zero attached hydrogens (tertiary/aromatic N) is 4. The van der Waals surface area contributed by atoms with Gasteiger partial charge in [-0.1, -0.05) is 0 Å². The Morgan fingerprint density at radius 1 is 0.889 bits per heavy atom. The van der Waals surface area contributed by atoms with E-state index in [1.165, 1.54) is 34.6 Å². The molecule has 0 radical (unpaired) electrons. The minimum Gasteiger partial charge on any atom is -0.479 e. The van der Waals surface area contributed by atoms with Crippen molar-refractivity contribution in [2.24, 2.45) is 0 Å². The number of nitrogens with two attached hydrogens (primary N) is 2. The number of aromatic nitrogens is 4. The van der Waals surface area contributed by atoms with Crippen LogP contribution in [0, 0.1) is 3.70 Å². The first kappa shape index (κ1) is 22.1. The molecule has 0 atom stereocenters. The van der Waals surface area contributed by atoms with Crippen LogP contribution < -0.4 is 20.9 Å². The molecule has 0 bridgehead atoms. The molecule has 0 amide bonds. The summed E-state index contributed by atoms with van der Waals surface area (Å²) in [6, 6.07) is 0. The third-order valence-corrected chi connectivity index (χ3v) is 3.54. The maximum absolute atomic E-state index is 11.2. The van der Waals surface area contributed by atoms with Crippen LogP contribution in [0.1, 0.15) is 21.0 Å². The van der Waals surface area contributed by atoms with Crippen molar-refractivity contribution in [3.63, 3.8) is 0 Å². The summed E-state index contributed by atoms with van der Waals surface area (Å²) in [6.07, 6.45) is 1.26. The van der Waals surface area contributed by atoms with E-state index in [-0.39, 0.29) is 34.8 Å². The van der Waals surface area contributed by atoms with E-state index in [0.29, 0.717) is 3.70 Å². The quantitative estimate of drug-likeness (QED) is 0.442. The smallest absolute Gasteiger partial charge is 0.362 e. The second-order valence-electron chi connectivity index (χ2n) is 4.39. The number of halogens is 1. The molecule has 0 aliphatic rings. The number of nitrogen functional groups attached to an aromatic ring is 2. The molecule has 0 unspecified atom stereocenters. The highest BCUT2D eigenvalue weighted by atomic mass is 127. The predicted octanol–water partition coefficient (Wildman–Crippen LogP) is 0.313. The van der Waals surface area contributed by atoms with Gasteiger partial charge in [-0.15, -0.1) is 0 Å². The van der Waals surface area contributed by atoms with Gasteiger partial charge in [0.1, 0.15) is 9.52 Å². The number of carbonyl (C=O) groups is 2. The Morgan fingerprint density at radius 2 is 1.41 bits per heavy atom. The summed E-state index contributed by atoms with van der Waals surface area (Å²) in [5, 5.41) is 0. The Labute approximate surface area is 167 Å². The van der Waals surface area contributed by atoms with Crippen LogP contribution in [0.5, 0.6) is 11.8 Å². The highest BCUT2D eigenvalue weighted by molar-refractivity contribution is 14.1. The molecule has 0 aromatic carbocycles. The lowest BCUT2D eigenvalue weighted by Crippen LogP contribution is -2.11. The van der Waals surface area contributed by atoms with Gasteiger partial charge in [0.2, 0.25) is 23.1 Å². The van der Waals surface area contributed by atoms with E-state index in [4.69, 9.17) is 20.9 Å². The van der Waals surface area contributed by atoms with Crippen LogP contribution in [0.15, 0.2) is 6.20 Å². The van der Waals surface area contributed by atoms with Crippen LogP contribution in [0.25, 0.3) is 0 Å². The number of anilines is 2. The number of hydrogen-bond acceptors (Lipinski definition) is 12. The zero-order valence-electron chi connectivity index (χ0n) is 14.8. The lowest BCUT2D eigenvalue weighted by Gasteiger charge is -2.06. The molecule has 2 aromatic heterocycles. The molecule has 2 rings (SSSR count). The van der Waals surface area contributed by atoms with Gasteiger partial charge in [-0.3, -0.25) is 0 Å². The van der Waals surface area contributed by atoms with E-state index in [2.05, 4.69) is 29.4 Å². The van der Waals surface area contributed by atoms with Crippen molar-refractivity contribution < 1.29 is 28.5 Å². The number of carbonyl (C=O) groups excluding carboxylic acids is 2. The third kappa shape index (κ3) is 5.77. The van der Waals surface area contributed by atoms with Gasteiger partial charge in [-0.05, 0) is 22.6 Å². The van der Waals surface area contributed by atoms with Gasteiger partial charge < -0.3 is 30.4 Å². The van der Waals surface area contributed by atoms with Crippen molar-refractivity contribution >= 4 is 46.2 Å². The Hall–Kier alpha value is -2.97. The van der Waals surface area contributed by atoms with Gasteiger partial charge in [-0.25, -0.2) is 19.6 Å². The van der Waals surface area contributed by atoms with Gasteiger partial charge in [0, 0.05) is 0 Å². The lowest BCUT2D eigenvalue weighted by molar-refractivity contribution is 0.0579. The third-order valence-electron chi connectivity index (χ3n) is 2.75. The van der Waals surface area contributed by atoms with Crippen LogP contribution in [-0.4, -0.2) is 60.3 Å². The van der Waals surface area contributed by atoms with E-state index in [1.807, 2.05) is 22.6 Å². The minimum absolute atomic E-state index is 0.0131. The molecule has 13 heteroatoms. The lowest BCUT2D eigenvalue weighted by atomic mass is 10.4. The van der Waals surface area contributed by atoms with Gasteiger partial charge in [0.05, 0.1) is 34.6 Å². The molecule has 0 saturated carbocycles. The molecule has 0 saturated heterocycles. The number of methoxy groups -OCH3 is 4. The van der Waals surface area contributed by atoms with E-state index in [9.17, 15) is 9.59 Å². The first-order chi connectivity index (χ1) is 12.8. The van der Waals surface area contributed by atoms with Crippen molar-refractivity contribution in [3.05, 3.63) is 21.3 Å².